The summed E-state index contributed by atoms with van der Waals surface area (Å²) in [5.74, 6) is 0. The second-order valence-electron chi connectivity index (χ2n) is 12.4. The number of nitriles is 1. The second kappa shape index (κ2) is 11.5. The highest BCUT2D eigenvalue weighted by molar-refractivity contribution is 7.25. The van der Waals surface area contributed by atoms with Gasteiger partial charge in [0.05, 0.1) is 28.2 Å². The van der Waals surface area contributed by atoms with Crippen molar-refractivity contribution in [1.29, 1.82) is 5.26 Å². The van der Waals surface area contributed by atoms with E-state index in [4.69, 9.17) is 0 Å². The van der Waals surface area contributed by atoms with E-state index in [2.05, 4.69) is 109 Å². The topological polar surface area (TPSA) is 28.7 Å². The molecule has 0 radical (unpaired) electrons. The average molecular weight is 671 g/mol. The molecule has 0 atom stereocenters. The maximum Gasteiger partial charge on any atom is 0.416 e. The normalized spacial score (nSPS) is 11.9. The summed E-state index contributed by atoms with van der Waals surface area (Å²) in [6.45, 7) is 0. The van der Waals surface area contributed by atoms with Gasteiger partial charge in [0.2, 0.25) is 0 Å². The molecule has 0 bridgehead atoms. The first kappa shape index (κ1) is 29.9. The van der Waals surface area contributed by atoms with Crippen LogP contribution in [0.15, 0.2) is 152 Å². The number of aromatic nitrogens is 1. The average Bonchev–Trinajstić information content (AvgIpc) is 3.69. The highest BCUT2D eigenvalue weighted by Crippen LogP contribution is 2.41. The minimum absolute atomic E-state index is 0.397. The van der Waals surface area contributed by atoms with Gasteiger partial charge < -0.3 is 4.57 Å². The van der Waals surface area contributed by atoms with Crippen molar-refractivity contribution in [2.45, 2.75) is 6.18 Å². The molecule has 0 fully saturated rings. The van der Waals surface area contributed by atoms with Crippen molar-refractivity contribution in [2.75, 3.05) is 0 Å². The molecular weight excluding hydrogens is 646 g/mol. The molecule has 0 aliphatic rings. The van der Waals surface area contributed by atoms with Crippen LogP contribution in [0.5, 0.6) is 0 Å². The molecule has 238 valence electrons. The summed E-state index contributed by atoms with van der Waals surface area (Å²) >= 11 is 1.72. The molecule has 50 heavy (non-hydrogen) atoms. The Morgan fingerprint density at radius 1 is 0.480 bits per heavy atom. The molecule has 2 aromatic heterocycles. The Labute approximate surface area is 289 Å². The molecule has 2 nitrogen and oxygen atoms in total. The first-order valence-corrected chi connectivity index (χ1v) is 16.9. The zero-order chi connectivity index (χ0) is 34.0. The zero-order valence-electron chi connectivity index (χ0n) is 26.4. The van der Waals surface area contributed by atoms with Crippen LogP contribution in [-0.2, 0) is 6.18 Å². The van der Waals surface area contributed by atoms with Crippen LogP contribution in [0.1, 0.15) is 11.1 Å². The van der Waals surface area contributed by atoms with Gasteiger partial charge in [-0.15, -0.1) is 11.3 Å². The van der Waals surface area contributed by atoms with Gasteiger partial charge in [-0.2, -0.15) is 18.4 Å². The first-order chi connectivity index (χ1) is 24.3. The number of hydrogen-bond donors (Lipinski definition) is 0. The van der Waals surface area contributed by atoms with Crippen molar-refractivity contribution >= 4 is 53.3 Å². The molecule has 0 aliphatic heterocycles. The van der Waals surface area contributed by atoms with Crippen molar-refractivity contribution in [2.24, 2.45) is 0 Å². The molecule has 0 saturated heterocycles. The maximum atomic E-state index is 13.8. The van der Waals surface area contributed by atoms with Gasteiger partial charge in [-0.05, 0) is 112 Å². The van der Waals surface area contributed by atoms with Crippen molar-refractivity contribution < 1.29 is 13.2 Å². The summed E-state index contributed by atoms with van der Waals surface area (Å²) in [6, 6.07) is 51.5. The minimum atomic E-state index is -4.48. The number of alkyl halides is 3. The number of rotatable bonds is 4. The Morgan fingerprint density at radius 2 is 1.04 bits per heavy atom. The van der Waals surface area contributed by atoms with Gasteiger partial charge in [0.1, 0.15) is 0 Å². The van der Waals surface area contributed by atoms with E-state index < -0.39 is 11.7 Å². The Hall–Kier alpha value is -6.16. The molecule has 2 heterocycles. The van der Waals surface area contributed by atoms with E-state index in [0.29, 0.717) is 21.9 Å². The van der Waals surface area contributed by atoms with Gasteiger partial charge in [-0.25, -0.2) is 0 Å². The molecule has 9 rings (SSSR count). The lowest BCUT2D eigenvalue weighted by Gasteiger charge is -2.10. The van der Waals surface area contributed by atoms with Gasteiger partial charge >= 0.3 is 6.18 Å². The Morgan fingerprint density at radius 3 is 1.70 bits per heavy atom. The second-order valence-corrected chi connectivity index (χ2v) is 13.5. The van der Waals surface area contributed by atoms with Crippen LogP contribution in [0.25, 0.3) is 81.0 Å². The largest absolute Gasteiger partial charge is 0.416 e. The molecule has 0 saturated carbocycles. The Kier molecular flexibility index (Phi) is 6.87. The van der Waals surface area contributed by atoms with Crippen LogP contribution in [-0.4, -0.2) is 4.57 Å². The van der Waals surface area contributed by atoms with Crippen molar-refractivity contribution in [3.8, 4) is 45.1 Å². The summed E-state index contributed by atoms with van der Waals surface area (Å²) < 4.78 is 45.6. The van der Waals surface area contributed by atoms with E-state index in [1.54, 1.807) is 23.5 Å². The van der Waals surface area contributed by atoms with Crippen molar-refractivity contribution in [1.82, 2.24) is 4.57 Å². The van der Waals surface area contributed by atoms with Gasteiger partial charge in [0.15, 0.2) is 0 Å². The van der Waals surface area contributed by atoms with Gasteiger partial charge in [-0.3, -0.25) is 0 Å². The summed E-state index contributed by atoms with van der Waals surface area (Å²) in [5.41, 5.74) is 8.76. The van der Waals surface area contributed by atoms with E-state index in [-0.39, 0.29) is 0 Å². The van der Waals surface area contributed by atoms with Gasteiger partial charge in [-0.1, -0.05) is 72.8 Å². The minimum Gasteiger partial charge on any atom is -0.309 e. The first-order valence-electron chi connectivity index (χ1n) is 16.1. The van der Waals surface area contributed by atoms with Crippen LogP contribution in [0.4, 0.5) is 13.2 Å². The lowest BCUT2D eigenvalue weighted by Crippen LogP contribution is -2.04. The lowest BCUT2D eigenvalue weighted by molar-refractivity contribution is -0.137. The summed E-state index contributed by atoms with van der Waals surface area (Å²) in [5, 5.41) is 12.8. The Bertz CT molecular complexity index is 2820. The molecule has 0 N–H and O–H groups in total. The van der Waals surface area contributed by atoms with E-state index in [1.165, 1.54) is 23.3 Å². The lowest BCUT2D eigenvalue weighted by atomic mass is 9.96. The van der Waals surface area contributed by atoms with Crippen LogP contribution in [0.3, 0.4) is 0 Å². The van der Waals surface area contributed by atoms with E-state index in [9.17, 15) is 18.4 Å². The number of hydrogen-bond acceptors (Lipinski definition) is 2. The van der Waals surface area contributed by atoms with Crippen LogP contribution >= 0.6 is 11.3 Å². The van der Waals surface area contributed by atoms with Crippen LogP contribution < -0.4 is 0 Å². The molecule has 9 aromatic rings. The molecule has 0 unspecified atom stereocenters. The predicted molar refractivity (Wildman–Crippen MR) is 200 cm³/mol. The molecule has 6 heteroatoms. The molecule has 0 aliphatic carbocycles. The zero-order valence-corrected chi connectivity index (χ0v) is 27.2. The highest BCUT2D eigenvalue weighted by Gasteiger charge is 2.31. The van der Waals surface area contributed by atoms with E-state index in [1.807, 2.05) is 22.8 Å². The molecule has 0 amide bonds. The van der Waals surface area contributed by atoms with Crippen LogP contribution in [0.2, 0.25) is 0 Å². The quantitative estimate of drug-likeness (QED) is 0.183. The smallest absolute Gasteiger partial charge is 0.309 e. The van der Waals surface area contributed by atoms with Gasteiger partial charge in [0.25, 0.3) is 0 Å². The number of benzene rings is 7. The third-order valence-corrected chi connectivity index (χ3v) is 10.6. The third-order valence-electron chi connectivity index (χ3n) is 9.43. The standard InChI is InChI=1S/C44H25F3N2S/c45-44(46,47)34-14-17-41-37(24-34)36-20-27(26-48)12-16-40(36)49(41)35-15-19-43-39(25-35)38-23-33(13-18-42(38)50-43)32-11-5-10-31(22-32)30-9-4-8-29(21-30)28-6-2-1-3-7-28/h1-25H. The van der Waals surface area contributed by atoms with Crippen molar-refractivity contribution in [3.63, 3.8) is 0 Å². The fourth-order valence-electron chi connectivity index (χ4n) is 7.02. The molecule has 0 spiro atoms. The fraction of sp³-hybridized carbons (Fsp3) is 0.0227. The summed E-state index contributed by atoms with van der Waals surface area (Å²) in [6.07, 6.45) is -4.48. The fourth-order valence-corrected chi connectivity index (χ4v) is 8.09. The Balaban J connectivity index is 1.16. The van der Waals surface area contributed by atoms with E-state index in [0.717, 1.165) is 59.7 Å². The van der Waals surface area contributed by atoms with Gasteiger partial charge in [0, 0.05) is 36.6 Å². The molecule has 7 aromatic carbocycles. The maximum absolute atomic E-state index is 13.8. The number of thiophene rings is 1. The van der Waals surface area contributed by atoms with Crippen LogP contribution in [0, 0.1) is 11.3 Å². The number of nitrogens with zero attached hydrogens (tertiary/aromatic N) is 2. The summed E-state index contributed by atoms with van der Waals surface area (Å²) in [4.78, 5) is 0. The highest BCUT2D eigenvalue weighted by atomic mass is 32.1. The van der Waals surface area contributed by atoms with E-state index >= 15 is 0 Å². The monoisotopic (exact) mass is 670 g/mol. The van der Waals surface area contributed by atoms with Crippen molar-refractivity contribution in [3.05, 3.63) is 163 Å². The summed E-state index contributed by atoms with van der Waals surface area (Å²) in [7, 11) is 0. The number of halogens is 3. The number of fused-ring (bicyclic) bond motifs is 6. The SMILES string of the molecule is N#Cc1ccc2c(c1)c1cc(C(F)(F)F)ccc1n2-c1ccc2sc3ccc(-c4cccc(-c5cccc(-c6ccccc6)c5)c4)cc3c2c1. The predicted octanol–water partition coefficient (Wildman–Crippen LogP) is 13.0. The third kappa shape index (κ3) is 5.03. The molecular formula is C44H25F3N2S.